The van der Waals surface area contributed by atoms with Crippen molar-refractivity contribution in [2.75, 3.05) is 5.32 Å². The smallest absolute Gasteiger partial charge is 0.268 e. The number of anilines is 1. The molecule has 0 spiro atoms. The van der Waals surface area contributed by atoms with Crippen LogP contribution in [0.1, 0.15) is 48.5 Å². The molecule has 2 aromatic rings. The quantitative estimate of drug-likeness (QED) is 0.0846. The molecule has 2 amide bonds. The van der Waals surface area contributed by atoms with Crippen molar-refractivity contribution >= 4 is 79.7 Å². The van der Waals surface area contributed by atoms with Gasteiger partial charge in [0.25, 0.3) is 15.9 Å². The van der Waals surface area contributed by atoms with Gasteiger partial charge in [0.05, 0.1) is 16.1 Å². The third-order valence-corrected chi connectivity index (χ3v) is 7.10. The summed E-state index contributed by atoms with van der Waals surface area (Å²) in [5.74, 6) is -1.07. The van der Waals surface area contributed by atoms with E-state index < -0.39 is 25.9 Å². The molecule has 0 radical (unpaired) electrons. The average molecular weight is 609 g/mol. The van der Waals surface area contributed by atoms with Crippen molar-refractivity contribution in [3.8, 4) is 0 Å². The number of thiocarbonyl (C=S) groups is 1. The van der Waals surface area contributed by atoms with Gasteiger partial charge < -0.3 is 16.0 Å². The second-order valence-electron chi connectivity index (χ2n) is 8.02. The maximum absolute atomic E-state index is 12.8. The molecule has 1 unspecified atom stereocenters. The fourth-order valence-electron chi connectivity index (χ4n) is 3.01. The summed E-state index contributed by atoms with van der Waals surface area (Å²) < 4.78 is 23.0. The van der Waals surface area contributed by atoms with E-state index in [4.69, 9.17) is 47.0 Å². The molecule has 0 aliphatic rings. The zero-order valence-electron chi connectivity index (χ0n) is 20.1. The Kier molecular flexibility index (Phi) is 11.9. The first-order valence-electron chi connectivity index (χ1n) is 11.2. The number of halogens is 3. The van der Waals surface area contributed by atoms with Crippen molar-refractivity contribution in [3.63, 3.8) is 0 Å². The van der Waals surface area contributed by atoms with Gasteiger partial charge in [-0.1, -0.05) is 84.4 Å². The van der Waals surface area contributed by atoms with Gasteiger partial charge in [-0.15, -0.1) is 4.83 Å². The topological polar surface area (TPSA) is 128 Å². The number of hydrogen-bond acceptors (Lipinski definition) is 5. The lowest BCUT2D eigenvalue weighted by Gasteiger charge is -2.28. The van der Waals surface area contributed by atoms with E-state index in [2.05, 4.69) is 26.2 Å². The molecule has 0 aliphatic heterocycles. The van der Waals surface area contributed by atoms with Crippen LogP contribution >= 0.6 is 47.0 Å². The number of carbonyl (C=O) groups excluding carboxylic acids is 2. The molecule has 5 N–H and O–H groups in total. The summed E-state index contributed by atoms with van der Waals surface area (Å²) in [6.07, 6.45) is 1.63. The van der Waals surface area contributed by atoms with Gasteiger partial charge in [-0.3, -0.25) is 15.0 Å². The summed E-state index contributed by atoms with van der Waals surface area (Å²) >= 11 is 23.3. The summed E-state index contributed by atoms with van der Waals surface area (Å²) in [7, 11) is -3.99. The van der Waals surface area contributed by atoms with Gasteiger partial charge >= 0.3 is 0 Å². The number of aryl methyl sites for hydroxylation is 1. The number of carbonyl (C=O) groups is 2. The van der Waals surface area contributed by atoms with E-state index in [0.717, 1.165) is 18.4 Å². The largest absolute Gasteiger partial charge is 0.339 e. The number of hydrogen-bond donors (Lipinski definition) is 5. The fraction of sp³-hybridized carbons (Fsp3) is 0.348. The molecular formula is C23H28Cl3N5O4S2. The van der Waals surface area contributed by atoms with E-state index in [1.807, 2.05) is 13.8 Å². The molecule has 202 valence electrons. The fourth-order valence-corrected chi connectivity index (χ4v) is 4.40. The first-order chi connectivity index (χ1) is 17.3. The Morgan fingerprint density at radius 1 is 1.00 bits per heavy atom. The van der Waals surface area contributed by atoms with Crippen LogP contribution in [0.2, 0.25) is 0 Å². The molecule has 0 fully saturated rings. The first kappa shape index (κ1) is 31.1. The molecule has 2 aromatic carbocycles. The maximum atomic E-state index is 12.8. The van der Waals surface area contributed by atoms with Crippen LogP contribution in [0, 0.1) is 6.92 Å². The number of rotatable bonds is 11. The predicted octanol–water partition coefficient (Wildman–Crippen LogP) is 4.30. The van der Waals surface area contributed by atoms with Crippen molar-refractivity contribution in [2.24, 2.45) is 0 Å². The van der Waals surface area contributed by atoms with E-state index in [-0.39, 0.29) is 33.6 Å². The lowest BCUT2D eigenvalue weighted by molar-refractivity contribution is -0.122. The van der Waals surface area contributed by atoms with Crippen LogP contribution in [0.3, 0.4) is 0 Å². The second kappa shape index (κ2) is 14.1. The van der Waals surface area contributed by atoms with Crippen LogP contribution in [0.15, 0.2) is 53.4 Å². The van der Waals surface area contributed by atoms with Crippen molar-refractivity contribution in [2.45, 2.75) is 54.4 Å². The summed E-state index contributed by atoms with van der Waals surface area (Å²) in [5, 5.41) is 8.08. The van der Waals surface area contributed by atoms with Gasteiger partial charge in [0.1, 0.15) is 6.17 Å². The Labute approximate surface area is 237 Å². The van der Waals surface area contributed by atoms with Crippen molar-refractivity contribution < 1.29 is 18.0 Å². The van der Waals surface area contributed by atoms with E-state index in [1.165, 1.54) is 18.2 Å². The lowest BCUT2D eigenvalue weighted by Crippen LogP contribution is -2.56. The summed E-state index contributed by atoms with van der Waals surface area (Å²) in [6.45, 7) is 3.84. The van der Waals surface area contributed by atoms with E-state index in [9.17, 15) is 18.0 Å². The van der Waals surface area contributed by atoms with Gasteiger partial charge in [-0.2, -0.15) is 0 Å². The SMILES string of the molecule is CCCCCC(=O)NC(NC(=S)Nc1ccccc1C(=O)NNS(=O)(=O)c1ccc(C)cc1)C(Cl)(Cl)Cl. The minimum Gasteiger partial charge on any atom is -0.339 e. The molecular weight excluding hydrogens is 581 g/mol. The third kappa shape index (κ3) is 10.3. The van der Waals surface area contributed by atoms with Gasteiger partial charge in [-0.25, -0.2) is 8.42 Å². The van der Waals surface area contributed by atoms with Gasteiger partial charge in [0.2, 0.25) is 9.70 Å². The molecule has 14 heteroatoms. The van der Waals surface area contributed by atoms with Crippen LogP contribution in [0.4, 0.5) is 5.69 Å². The van der Waals surface area contributed by atoms with Gasteiger partial charge in [-0.05, 0) is 49.8 Å². The number of nitrogens with one attached hydrogen (secondary N) is 5. The standard InChI is InChI=1S/C23H28Cl3N5O4S2/c1-3-4-5-10-19(32)28-21(23(24,25)26)29-22(36)27-18-9-7-6-8-17(18)20(33)30-31-37(34,35)16-13-11-15(2)12-14-16/h6-9,11-14,21,31H,3-5,10H2,1-2H3,(H,28,32)(H,30,33)(H2,27,29,36). The van der Waals surface area contributed by atoms with E-state index in [1.54, 1.807) is 30.3 Å². The highest BCUT2D eigenvalue weighted by atomic mass is 35.6. The summed E-state index contributed by atoms with van der Waals surface area (Å²) in [5.41, 5.74) is 3.39. The van der Waals surface area contributed by atoms with E-state index >= 15 is 0 Å². The molecule has 0 aliphatic carbocycles. The van der Waals surface area contributed by atoms with Gasteiger partial charge in [0, 0.05) is 6.42 Å². The monoisotopic (exact) mass is 607 g/mol. The summed E-state index contributed by atoms with van der Waals surface area (Å²) in [6, 6.07) is 12.4. The zero-order chi connectivity index (χ0) is 27.6. The third-order valence-electron chi connectivity index (χ3n) is 4.97. The Morgan fingerprint density at radius 3 is 2.27 bits per heavy atom. The van der Waals surface area contributed by atoms with Crippen LogP contribution in [0.25, 0.3) is 0 Å². The highest BCUT2D eigenvalue weighted by Crippen LogP contribution is 2.29. The average Bonchev–Trinajstić information content (AvgIpc) is 2.82. The van der Waals surface area contributed by atoms with Crippen LogP contribution in [-0.4, -0.2) is 35.3 Å². The molecule has 1 atom stereocenters. The number of hydrazine groups is 1. The Balaban J connectivity index is 2.06. The molecule has 0 heterocycles. The number of para-hydroxylation sites is 1. The Hall–Kier alpha value is -2.15. The van der Waals surface area contributed by atoms with Crippen LogP contribution in [0.5, 0.6) is 0 Å². The summed E-state index contributed by atoms with van der Waals surface area (Å²) in [4.78, 5) is 27.1. The van der Waals surface area contributed by atoms with E-state index in [0.29, 0.717) is 6.42 Å². The molecule has 0 saturated carbocycles. The lowest BCUT2D eigenvalue weighted by atomic mass is 10.1. The first-order valence-corrected chi connectivity index (χ1v) is 14.3. The molecule has 0 saturated heterocycles. The molecule has 2 rings (SSSR count). The van der Waals surface area contributed by atoms with Crippen LogP contribution < -0.4 is 26.2 Å². The molecule has 0 bridgehead atoms. The molecule has 0 aromatic heterocycles. The van der Waals surface area contributed by atoms with Crippen molar-refractivity contribution in [3.05, 3.63) is 59.7 Å². The molecule has 9 nitrogen and oxygen atoms in total. The van der Waals surface area contributed by atoms with Crippen LogP contribution in [-0.2, 0) is 14.8 Å². The Bertz CT molecular complexity index is 1210. The zero-order valence-corrected chi connectivity index (χ0v) is 24.0. The number of benzene rings is 2. The second-order valence-corrected chi connectivity index (χ2v) is 12.5. The van der Waals surface area contributed by atoms with Crippen molar-refractivity contribution in [1.82, 2.24) is 20.9 Å². The minimum absolute atomic E-state index is 0.00956. The number of alkyl halides is 3. The predicted molar refractivity (Wildman–Crippen MR) is 151 cm³/mol. The number of amides is 2. The molecule has 37 heavy (non-hydrogen) atoms. The minimum atomic E-state index is -3.99. The highest BCUT2D eigenvalue weighted by Gasteiger charge is 2.34. The number of sulfonamides is 1. The van der Waals surface area contributed by atoms with Crippen molar-refractivity contribution in [1.29, 1.82) is 0 Å². The highest BCUT2D eigenvalue weighted by molar-refractivity contribution is 7.89. The normalized spacial score (nSPS) is 12.4. The number of unbranched alkanes of at least 4 members (excludes halogenated alkanes) is 2. The van der Waals surface area contributed by atoms with Gasteiger partial charge in [0.15, 0.2) is 5.11 Å². The maximum Gasteiger partial charge on any atom is 0.268 e. The Morgan fingerprint density at radius 2 is 1.65 bits per heavy atom.